The summed E-state index contributed by atoms with van der Waals surface area (Å²) in [6.45, 7) is 3.67. The summed E-state index contributed by atoms with van der Waals surface area (Å²) in [5.74, 6) is 0.608. The molecular weight excluding hydrogens is 210 g/mol. The second-order valence-corrected chi connectivity index (χ2v) is 4.75. The van der Waals surface area contributed by atoms with E-state index in [-0.39, 0.29) is 0 Å². The smallest absolute Gasteiger partial charge is 0.0625 e. The Morgan fingerprint density at radius 2 is 2.24 bits per heavy atom. The molecule has 1 aliphatic rings. The lowest BCUT2D eigenvalue weighted by molar-refractivity contribution is 0.114. The van der Waals surface area contributed by atoms with Gasteiger partial charge in [0.2, 0.25) is 0 Å². The molecule has 17 heavy (non-hydrogen) atoms. The molecule has 2 rings (SSSR count). The lowest BCUT2D eigenvalue weighted by atomic mass is 9.79. The normalized spacial score (nSPS) is 20.9. The number of fused-ring (bicyclic) bond motifs is 1. The number of aryl methyl sites for hydroxylation is 1. The van der Waals surface area contributed by atoms with Crippen molar-refractivity contribution in [1.29, 1.82) is 0 Å². The predicted octanol–water partition coefficient (Wildman–Crippen LogP) is 2.73. The van der Waals surface area contributed by atoms with Gasteiger partial charge in [-0.3, -0.25) is 0 Å². The van der Waals surface area contributed by atoms with Gasteiger partial charge in [0.25, 0.3) is 0 Å². The van der Waals surface area contributed by atoms with Crippen LogP contribution in [0.4, 0.5) is 0 Å². The van der Waals surface area contributed by atoms with E-state index < -0.39 is 0 Å². The zero-order valence-corrected chi connectivity index (χ0v) is 10.9. The minimum absolute atomic E-state index is 0.441. The van der Waals surface area contributed by atoms with Gasteiger partial charge in [-0.05, 0) is 44.4 Å². The summed E-state index contributed by atoms with van der Waals surface area (Å²) in [6.07, 6.45) is 3.80. The van der Waals surface area contributed by atoms with E-state index in [1.165, 1.54) is 30.4 Å². The molecule has 0 bridgehead atoms. The highest BCUT2D eigenvalue weighted by atomic mass is 16.5. The zero-order chi connectivity index (χ0) is 12.1. The summed E-state index contributed by atoms with van der Waals surface area (Å²) in [5.41, 5.74) is 3.05. The third-order valence-corrected chi connectivity index (χ3v) is 3.77. The monoisotopic (exact) mass is 233 g/mol. The van der Waals surface area contributed by atoms with Crippen LogP contribution in [0.3, 0.4) is 0 Å². The number of rotatable bonds is 5. The number of hydrogen-bond donors (Lipinski definition) is 1. The Morgan fingerprint density at radius 1 is 1.41 bits per heavy atom. The van der Waals surface area contributed by atoms with Gasteiger partial charge in [0.1, 0.15) is 0 Å². The minimum atomic E-state index is 0.441. The second-order valence-electron chi connectivity index (χ2n) is 4.75. The van der Waals surface area contributed by atoms with Crippen molar-refractivity contribution in [3.8, 4) is 0 Å². The lowest BCUT2D eigenvalue weighted by Gasteiger charge is -2.32. The summed E-state index contributed by atoms with van der Waals surface area (Å²) >= 11 is 0. The van der Waals surface area contributed by atoms with Crippen molar-refractivity contribution in [2.24, 2.45) is 0 Å². The van der Waals surface area contributed by atoms with Gasteiger partial charge < -0.3 is 10.1 Å². The maximum Gasteiger partial charge on any atom is 0.0625 e. The van der Waals surface area contributed by atoms with Gasteiger partial charge in [-0.15, -0.1) is 0 Å². The molecule has 0 amide bonds. The first-order chi connectivity index (χ1) is 8.36. The van der Waals surface area contributed by atoms with E-state index in [1.807, 2.05) is 7.05 Å². The van der Waals surface area contributed by atoms with E-state index in [2.05, 4.69) is 36.5 Å². The molecule has 0 aliphatic heterocycles. The van der Waals surface area contributed by atoms with Gasteiger partial charge in [0.15, 0.2) is 0 Å². The maximum absolute atomic E-state index is 5.59. The molecule has 0 saturated heterocycles. The number of benzene rings is 1. The molecule has 2 heteroatoms. The van der Waals surface area contributed by atoms with Gasteiger partial charge in [-0.25, -0.2) is 0 Å². The second kappa shape index (κ2) is 6.18. The molecule has 0 fully saturated rings. The van der Waals surface area contributed by atoms with Gasteiger partial charge in [-0.1, -0.05) is 24.3 Å². The van der Waals surface area contributed by atoms with Crippen molar-refractivity contribution >= 4 is 0 Å². The average molecular weight is 233 g/mol. The molecule has 1 aromatic rings. The van der Waals surface area contributed by atoms with E-state index in [0.717, 1.165) is 13.2 Å². The highest BCUT2D eigenvalue weighted by Crippen LogP contribution is 2.33. The first kappa shape index (κ1) is 12.6. The molecule has 0 aromatic heterocycles. The fourth-order valence-electron chi connectivity index (χ4n) is 2.85. The minimum Gasteiger partial charge on any atom is -0.380 e. The average Bonchev–Trinajstić information content (AvgIpc) is 2.40. The highest BCUT2D eigenvalue weighted by Gasteiger charge is 2.26. The molecule has 0 radical (unpaired) electrons. The fourth-order valence-corrected chi connectivity index (χ4v) is 2.85. The molecule has 0 saturated carbocycles. The Hall–Kier alpha value is -0.860. The van der Waals surface area contributed by atoms with Crippen LogP contribution < -0.4 is 5.32 Å². The topological polar surface area (TPSA) is 21.3 Å². The van der Waals surface area contributed by atoms with Gasteiger partial charge in [0.05, 0.1) is 6.61 Å². The van der Waals surface area contributed by atoms with E-state index in [9.17, 15) is 0 Å². The molecule has 1 aromatic carbocycles. The van der Waals surface area contributed by atoms with Gasteiger partial charge in [-0.2, -0.15) is 0 Å². The van der Waals surface area contributed by atoms with Crippen LogP contribution in [0, 0.1) is 0 Å². The number of likely N-dealkylation sites (N-methyl/N-ethyl adjacent to an activating group) is 1. The third kappa shape index (κ3) is 2.88. The molecule has 94 valence electrons. The molecule has 2 atom stereocenters. The SMILES string of the molecule is CCOCC(NC)C1CCCc2ccccc21. The summed E-state index contributed by atoms with van der Waals surface area (Å²) in [4.78, 5) is 0. The van der Waals surface area contributed by atoms with E-state index in [4.69, 9.17) is 4.74 Å². The molecule has 0 heterocycles. The summed E-state index contributed by atoms with van der Waals surface area (Å²) in [7, 11) is 2.04. The Balaban J connectivity index is 2.15. The van der Waals surface area contributed by atoms with Crippen LogP contribution in [0.2, 0.25) is 0 Å². The van der Waals surface area contributed by atoms with Crippen LogP contribution in [0.1, 0.15) is 36.8 Å². The zero-order valence-electron chi connectivity index (χ0n) is 10.9. The summed E-state index contributed by atoms with van der Waals surface area (Å²) in [5, 5.41) is 3.42. The Kier molecular flexibility index (Phi) is 4.57. The first-order valence-corrected chi connectivity index (χ1v) is 6.69. The summed E-state index contributed by atoms with van der Waals surface area (Å²) < 4.78 is 5.59. The molecule has 1 N–H and O–H groups in total. The van der Waals surface area contributed by atoms with Crippen molar-refractivity contribution in [2.45, 2.75) is 38.1 Å². The van der Waals surface area contributed by atoms with Crippen LogP contribution in [-0.4, -0.2) is 26.3 Å². The van der Waals surface area contributed by atoms with Crippen LogP contribution in [-0.2, 0) is 11.2 Å². The highest BCUT2D eigenvalue weighted by molar-refractivity contribution is 5.33. The van der Waals surface area contributed by atoms with Crippen molar-refractivity contribution in [2.75, 3.05) is 20.3 Å². The van der Waals surface area contributed by atoms with Crippen molar-refractivity contribution in [3.63, 3.8) is 0 Å². The Morgan fingerprint density at radius 3 is 3.00 bits per heavy atom. The quantitative estimate of drug-likeness (QED) is 0.844. The standard InChI is InChI=1S/C15H23NO/c1-3-17-11-15(16-2)14-10-6-8-12-7-4-5-9-13(12)14/h4-5,7,9,14-16H,3,6,8,10-11H2,1-2H3. The third-order valence-electron chi connectivity index (χ3n) is 3.77. The summed E-state index contributed by atoms with van der Waals surface area (Å²) in [6, 6.07) is 9.31. The largest absolute Gasteiger partial charge is 0.380 e. The van der Waals surface area contributed by atoms with Crippen LogP contribution in [0.15, 0.2) is 24.3 Å². The van der Waals surface area contributed by atoms with E-state index in [1.54, 1.807) is 0 Å². The molecule has 2 nitrogen and oxygen atoms in total. The van der Waals surface area contributed by atoms with Gasteiger partial charge >= 0.3 is 0 Å². The van der Waals surface area contributed by atoms with Crippen LogP contribution in [0.25, 0.3) is 0 Å². The van der Waals surface area contributed by atoms with E-state index >= 15 is 0 Å². The Bertz CT molecular complexity index is 351. The molecule has 0 spiro atoms. The van der Waals surface area contributed by atoms with Crippen molar-refractivity contribution in [1.82, 2.24) is 5.32 Å². The predicted molar refractivity (Wildman–Crippen MR) is 71.5 cm³/mol. The van der Waals surface area contributed by atoms with Crippen molar-refractivity contribution in [3.05, 3.63) is 35.4 Å². The number of nitrogens with one attached hydrogen (secondary N) is 1. The Labute approximate surface area is 104 Å². The van der Waals surface area contributed by atoms with Crippen molar-refractivity contribution < 1.29 is 4.74 Å². The molecule has 1 aliphatic carbocycles. The number of hydrogen-bond acceptors (Lipinski definition) is 2. The van der Waals surface area contributed by atoms with Gasteiger partial charge in [0, 0.05) is 18.6 Å². The fraction of sp³-hybridized carbons (Fsp3) is 0.600. The molecular formula is C15H23NO. The van der Waals surface area contributed by atoms with Crippen LogP contribution in [0.5, 0.6) is 0 Å². The number of ether oxygens (including phenoxy) is 1. The maximum atomic E-state index is 5.59. The first-order valence-electron chi connectivity index (χ1n) is 6.69. The van der Waals surface area contributed by atoms with Crippen LogP contribution >= 0.6 is 0 Å². The lowest BCUT2D eigenvalue weighted by Crippen LogP contribution is -2.38. The van der Waals surface area contributed by atoms with E-state index in [0.29, 0.717) is 12.0 Å². The molecule has 2 unspecified atom stereocenters.